The normalized spacial score (nSPS) is 12.5. The highest BCUT2D eigenvalue weighted by Crippen LogP contribution is 2.15. The van der Waals surface area contributed by atoms with Gasteiger partial charge < -0.3 is 14.2 Å². The number of hydrogen-bond donors (Lipinski definition) is 0. The lowest BCUT2D eigenvalue weighted by molar-refractivity contribution is -0.163. The van der Waals surface area contributed by atoms with Crippen LogP contribution in [0.4, 0.5) is 0 Å². The fourth-order valence-electron chi connectivity index (χ4n) is 7.73. The molecule has 0 aromatic carbocycles. The van der Waals surface area contributed by atoms with Crippen LogP contribution in [0.25, 0.3) is 0 Å². The molecule has 0 aliphatic carbocycles. The number of allylic oxidation sites excluding steroid dienone is 8. The van der Waals surface area contributed by atoms with Crippen LogP contribution in [-0.4, -0.2) is 37.9 Å². The van der Waals surface area contributed by atoms with E-state index in [9.17, 15) is 9.59 Å². The average Bonchev–Trinajstić information content (AvgIpc) is 3.27. The lowest BCUT2D eigenvalue weighted by Gasteiger charge is -2.18. The number of hydrogen-bond acceptors (Lipinski definition) is 5. The maximum atomic E-state index is 12.8. The van der Waals surface area contributed by atoms with Crippen molar-refractivity contribution in [3.05, 3.63) is 48.6 Å². The summed E-state index contributed by atoms with van der Waals surface area (Å²) in [6.45, 7) is 7.78. The van der Waals surface area contributed by atoms with E-state index in [1.165, 1.54) is 180 Å². The molecule has 0 aliphatic rings. The highest BCUT2D eigenvalue weighted by molar-refractivity contribution is 5.70. The predicted octanol–water partition coefficient (Wildman–Crippen LogP) is 18.3. The molecule has 0 saturated heterocycles. The molecule has 0 bridgehead atoms. The van der Waals surface area contributed by atoms with Crippen molar-refractivity contribution in [1.29, 1.82) is 0 Å². The Morgan fingerprint density at radius 3 is 1.18 bits per heavy atom. The highest BCUT2D eigenvalue weighted by atomic mass is 16.6. The van der Waals surface area contributed by atoms with Gasteiger partial charge in [-0.15, -0.1) is 0 Å². The minimum Gasteiger partial charge on any atom is -0.462 e. The number of carbonyl (C=O) groups excluding carboxylic acids is 2. The van der Waals surface area contributed by atoms with E-state index in [-0.39, 0.29) is 25.2 Å². The Morgan fingerprint density at radius 2 is 0.694 bits per heavy atom. The molecule has 0 aliphatic heterocycles. The Labute approximate surface area is 386 Å². The molecule has 0 heterocycles. The predicted molar refractivity (Wildman–Crippen MR) is 270 cm³/mol. The number of rotatable bonds is 50. The van der Waals surface area contributed by atoms with E-state index < -0.39 is 6.10 Å². The Hall–Kier alpha value is -2.14. The lowest BCUT2D eigenvalue weighted by atomic mass is 10.0. The number of unbranched alkanes of at least 4 members (excludes halogenated alkanes) is 31. The molecule has 0 saturated carbocycles. The number of carbonyl (C=O) groups is 2. The molecule has 0 N–H and O–H groups in total. The van der Waals surface area contributed by atoms with Crippen molar-refractivity contribution in [3.8, 4) is 0 Å². The second-order valence-corrected chi connectivity index (χ2v) is 18.1. The van der Waals surface area contributed by atoms with Gasteiger partial charge in [-0.2, -0.15) is 0 Å². The largest absolute Gasteiger partial charge is 0.462 e. The van der Waals surface area contributed by atoms with Gasteiger partial charge in [0.05, 0.1) is 6.61 Å². The van der Waals surface area contributed by atoms with Gasteiger partial charge in [0.25, 0.3) is 0 Å². The number of ether oxygens (including phenoxy) is 3. The van der Waals surface area contributed by atoms with Crippen LogP contribution in [0.15, 0.2) is 48.6 Å². The van der Waals surface area contributed by atoms with Gasteiger partial charge in [0, 0.05) is 19.4 Å². The van der Waals surface area contributed by atoms with Crippen LogP contribution in [-0.2, 0) is 23.8 Å². The highest BCUT2D eigenvalue weighted by Gasteiger charge is 2.17. The van der Waals surface area contributed by atoms with E-state index in [1.54, 1.807) is 0 Å². The second kappa shape index (κ2) is 53.2. The third kappa shape index (κ3) is 50.5. The summed E-state index contributed by atoms with van der Waals surface area (Å²) < 4.78 is 17.4. The summed E-state index contributed by atoms with van der Waals surface area (Å²) in [5.74, 6) is -0.402. The summed E-state index contributed by atoms with van der Waals surface area (Å²) in [5.41, 5.74) is 0. The first-order valence-electron chi connectivity index (χ1n) is 27.2. The van der Waals surface area contributed by atoms with Crippen LogP contribution in [0, 0.1) is 0 Å². The lowest BCUT2D eigenvalue weighted by Crippen LogP contribution is -2.30. The van der Waals surface area contributed by atoms with E-state index in [0.717, 1.165) is 64.2 Å². The van der Waals surface area contributed by atoms with Gasteiger partial charge in [0.15, 0.2) is 6.10 Å². The molecule has 1 unspecified atom stereocenters. The maximum absolute atomic E-state index is 12.8. The van der Waals surface area contributed by atoms with Gasteiger partial charge in [-0.05, 0) is 77.0 Å². The minimum absolute atomic E-state index is 0.0792. The van der Waals surface area contributed by atoms with Crippen LogP contribution in [0.3, 0.4) is 0 Å². The van der Waals surface area contributed by atoms with Crippen molar-refractivity contribution < 1.29 is 23.8 Å². The SMILES string of the molecule is CCCC/C=C\CCCCCCCCOCC(COC(=O)CCCCCCCC/C=C\C/C=C\C/C=C\CCCCC)OC(=O)CCCCCCCCCCCCCCCCC. The van der Waals surface area contributed by atoms with E-state index in [4.69, 9.17) is 14.2 Å². The van der Waals surface area contributed by atoms with Crippen molar-refractivity contribution in [2.75, 3.05) is 19.8 Å². The molecule has 0 radical (unpaired) electrons. The van der Waals surface area contributed by atoms with E-state index in [2.05, 4.69) is 69.4 Å². The zero-order valence-corrected chi connectivity index (χ0v) is 41.6. The summed E-state index contributed by atoms with van der Waals surface area (Å²) in [4.78, 5) is 25.4. The molecule has 5 nitrogen and oxygen atoms in total. The molecule has 0 rings (SSSR count). The van der Waals surface area contributed by atoms with Crippen molar-refractivity contribution in [2.24, 2.45) is 0 Å². The number of esters is 2. The summed E-state index contributed by atoms with van der Waals surface area (Å²) in [7, 11) is 0. The smallest absolute Gasteiger partial charge is 0.306 e. The van der Waals surface area contributed by atoms with Gasteiger partial charge in [0.2, 0.25) is 0 Å². The van der Waals surface area contributed by atoms with E-state index >= 15 is 0 Å². The first kappa shape index (κ1) is 59.9. The Bertz CT molecular complexity index is 1030. The molecule has 0 fully saturated rings. The summed E-state index contributed by atoms with van der Waals surface area (Å²) in [5, 5.41) is 0. The summed E-state index contributed by atoms with van der Waals surface area (Å²) >= 11 is 0. The molecule has 62 heavy (non-hydrogen) atoms. The fourth-order valence-corrected chi connectivity index (χ4v) is 7.73. The average molecular weight is 869 g/mol. The minimum atomic E-state index is -0.541. The molecule has 5 heteroatoms. The van der Waals surface area contributed by atoms with Crippen LogP contribution in [0.5, 0.6) is 0 Å². The summed E-state index contributed by atoms with van der Waals surface area (Å²) in [6.07, 6.45) is 65.4. The zero-order valence-electron chi connectivity index (χ0n) is 41.6. The third-order valence-electron chi connectivity index (χ3n) is 11.8. The molecular weight excluding hydrogens is 765 g/mol. The molecule has 0 amide bonds. The van der Waals surface area contributed by atoms with Crippen molar-refractivity contribution in [2.45, 2.75) is 284 Å². The van der Waals surface area contributed by atoms with Gasteiger partial charge >= 0.3 is 11.9 Å². The molecule has 0 aromatic heterocycles. The first-order chi connectivity index (χ1) is 30.6. The van der Waals surface area contributed by atoms with Crippen LogP contribution < -0.4 is 0 Å². The van der Waals surface area contributed by atoms with Gasteiger partial charge in [-0.25, -0.2) is 0 Å². The Morgan fingerprint density at radius 1 is 0.355 bits per heavy atom. The Balaban J connectivity index is 4.24. The summed E-state index contributed by atoms with van der Waals surface area (Å²) in [6, 6.07) is 0. The topological polar surface area (TPSA) is 61.8 Å². The quantitative estimate of drug-likeness (QED) is 0.0346. The van der Waals surface area contributed by atoms with Crippen LogP contribution in [0.2, 0.25) is 0 Å². The van der Waals surface area contributed by atoms with E-state index in [0.29, 0.717) is 19.4 Å². The van der Waals surface area contributed by atoms with Crippen molar-refractivity contribution in [1.82, 2.24) is 0 Å². The van der Waals surface area contributed by atoms with Gasteiger partial charge in [-0.3, -0.25) is 9.59 Å². The monoisotopic (exact) mass is 869 g/mol. The standard InChI is InChI=1S/C57H104O5/c1-4-7-10-13-16-19-22-25-27-28-29-30-32-33-35-38-41-44-47-50-56(58)61-54-55(53-60-52-49-46-43-40-37-24-21-18-15-12-9-6-3)62-57(59)51-48-45-42-39-36-34-31-26-23-20-17-14-11-8-5-2/h15-16,18-19,25,27,29-30,55H,4-14,17,20-24,26,28,31-54H2,1-3H3/b18-15-,19-16-,27-25-,30-29-. The molecule has 0 spiro atoms. The van der Waals surface area contributed by atoms with Crippen molar-refractivity contribution >= 4 is 11.9 Å². The fraction of sp³-hybridized carbons (Fsp3) is 0.825. The molecule has 362 valence electrons. The first-order valence-corrected chi connectivity index (χ1v) is 27.2. The molecular formula is C57H104O5. The zero-order chi connectivity index (χ0) is 44.9. The van der Waals surface area contributed by atoms with E-state index in [1.807, 2.05) is 0 Å². The van der Waals surface area contributed by atoms with Crippen LogP contribution >= 0.6 is 0 Å². The molecule has 0 aromatic rings. The maximum Gasteiger partial charge on any atom is 0.306 e. The molecule has 1 atom stereocenters. The van der Waals surface area contributed by atoms with Crippen molar-refractivity contribution in [3.63, 3.8) is 0 Å². The van der Waals surface area contributed by atoms with Gasteiger partial charge in [0.1, 0.15) is 6.61 Å². The van der Waals surface area contributed by atoms with Crippen LogP contribution in [0.1, 0.15) is 278 Å². The third-order valence-corrected chi connectivity index (χ3v) is 11.8. The van der Waals surface area contributed by atoms with Gasteiger partial charge in [-0.1, -0.05) is 236 Å². The Kier molecular flexibility index (Phi) is 51.4. The second-order valence-electron chi connectivity index (χ2n) is 18.1.